The molecule has 0 saturated carbocycles. The van der Waals surface area contributed by atoms with Crippen LogP contribution in [0.4, 0.5) is 11.4 Å². The number of rotatable bonds is 2. The van der Waals surface area contributed by atoms with Gasteiger partial charge in [-0.1, -0.05) is 0 Å². The molecular formula is C9H8N2O5. The van der Waals surface area contributed by atoms with Gasteiger partial charge in [0.05, 0.1) is 17.2 Å². The molecule has 2 rings (SSSR count). The normalized spacial score (nSPS) is 17.9. The van der Waals surface area contributed by atoms with E-state index in [2.05, 4.69) is 5.32 Å². The van der Waals surface area contributed by atoms with E-state index in [0.717, 1.165) is 0 Å². The Balaban J connectivity index is 2.29. The molecule has 1 atom stereocenters. The lowest BCUT2D eigenvalue weighted by atomic mass is 10.2. The van der Waals surface area contributed by atoms with Gasteiger partial charge in [-0.25, -0.2) is 4.79 Å². The van der Waals surface area contributed by atoms with Gasteiger partial charge in [0.2, 0.25) is 6.10 Å². The first-order chi connectivity index (χ1) is 7.58. The van der Waals surface area contributed by atoms with Crippen molar-refractivity contribution in [1.29, 1.82) is 0 Å². The SMILES string of the molecule is O=C(O)C1CNc2cc([N+](=O)[O-])ccc2O1. The summed E-state index contributed by atoms with van der Waals surface area (Å²) in [5, 5.41) is 22.0. The van der Waals surface area contributed by atoms with Gasteiger partial charge < -0.3 is 15.2 Å². The maximum atomic E-state index is 10.7. The zero-order valence-corrected chi connectivity index (χ0v) is 8.04. The van der Waals surface area contributed by atoms with E-state index in [1.165, 1.54) is 18.2 Å². The fourth-order valence-corrected chi connectivity index (χ4v) is 1.41. The number of hydrogen-bond donors (Lipinski definition) is 2. The van der Waals surface area contributed by atoms with Gasteiger partial charge >= 0.3 is 5.97 Å². The van der Waals surface area contributed by atoms with E-state index >= 15 is 0 Å². The molecule has 0 aromatic heterocycles. The molecule has 0 saturated heterocycles. The zero-order chi connectivity index (χ0) is 11.7. The molecular weight excluding hydrogens is 216 g/mol. The van der Waals surface area contributed by atoms with Crippen LogP contribution in [0.1, 0.15) is 0 Å². The Kier molecular flexibility index (Phi) is 2.35. The summed E-state index contributed by atoms with van der Waals surface area (Å²) in [5.74, 6) is -0.763. The third-order valence-corrected chi connectivity index (χ3v) is 2.20. The third kappa shape index (κ3) is 1.74. The Bertz CT molecular complexity index is 459. The number of aliphatic carboxylic acids is 1. The monoisotopic (exact) mass is 224 g/mol. The van der Waals surface area contributed by atoms with Gasteiger partial charge in [0.1, 0.15) is 5.75 Å². The van der Waals surface area contributed by atoms with Crippen molar-refractivity contribution < 1.29 is 19.6 Å². The fourth-order valence-electron chi connectivity index (χ4n) is 1.41. The number of nitro benzene ring substituents is 1. The average Bonchev–Trinajstić information content (AvgIpc) is 2.27. The van der Waals surface area contributed by atoms with E-state index < -0.39 is 17.0 Å². The number of carboxylic acid groups (broad SMARTS) is 1. The highest BCUT2D eigenvalue weighted by Crippen LogP contribution is 2.32. The van der Waals surface area contributed by atoms with Crippen molar-refractivity contribution in [2.24, 2.45) is 0 Å². The van der Waals surface area contributed by atoms with Crippen LogP contribution in [0.3, 0.4) is 0 Å². The second kappa shape index (κ2) is 3.69. The Morgan fingerprint density at radius 3 is 3.00 bits per heavy atom. The number of carboxylic acids is 1. The summed E-state index contributed by atoms with van der Waals surface area (Å²) in [6.45, 7) is 0.0868. The van der Waals surface area contributed by atoms with Gasteiger partial charge in [-0.3, -0.25) is 10.1 Å². The van der Waals surface area contributed by atoms with Crippen LogP contribution in [-0.2, 0) is 4.79 Å². The Labute approximate surface area is 89.8 Å². The number of hydrogen-bond acceptors (Lipinski definition) is 5. The lowest BCUT2D eigenvalue weighted by Crippen LogP contribution is -2.37. The van der Waals surface area contributed by atoms with E-state index in [4.69, 9.17) is 9.84 Å². The van der Waals surface area contributed by atoms with E-state index in [1.54, 1.807) is 0 Å². The second-order valence-corrected chi connectivity index (χ2v) is 3.26. The number of fused-ring (bicyclic) bond motifs is 1. The molecule has 1 aromatic rings. The highest BCUT2D eigenvalue weighted by molar-refractivity contribution is 5.76. The predicted molar refractivity (Wildman–Crippen MR) is 53.6 cm³/mol. The topological polar surface area (TPSA) is 102 Å². The summed E-state index contributed by atoms with van der Waals surface area (Å²) < 4.78 is 5.14. The van der Waals surface area contributed by atoms with Gasteiger partial charge in [0, 0.05) is 12.1 Å². The Hall–Kier alpha value is -2.31. The molecule has 1 aromatic carbocycles. The minimum atomic E-state index is -1.07. The van der Waals surface area contributed by atoms with Crippen molar-refractivity contribution in [1.82, 2.24) is 0 Å². The van der Waals surface area contributed by atoms with Crippen LogP contribution in [0.5, 0.6) is 5.75 Å². The average molecular weight is 224 g/mol. The van der Waals surface area contributed by atoms with Crippen LogP contribution in [0, 0.1) is 10.1 Å². The smallest absolute Gasteiger partial charge is 0.346 e. The molecule has 1 heterocycles. The van der Waals surface area contributed by atoms with Crippen molar-refractivity contribution >= 4 is 17.3 Å². The number of ether oxygens (including phenoxy) is 1. The zero-order valence-electron chi connectivity index (χ0n) is 8.04. The second-order valence-electron chi connectivity index (χ2n) is 3.26. The summed E-state index contributed by atoms with van der Waals surface area (Å²) in [5.41, 5.74) is 0.371. The van der Waals surface area contributed by atoms with Crippen LogP contribution in [0.25, 0.3) is 0 Å². The van der Waals surface area contributed by atoms with Gasteiger partial charge in [0.25, 0.3) is 5.69 Å². The first kappa shape index (κ1) is 10.2. The lowest BCUT2D eigenvalue weighted by molar-refractivity contribution is -0.384. The maximum Gasteiger partial charge on any atom is 0.346 e. The van der Waals surface area contributed by atoms with Crippen molar-refractivity contribution in [3.05, 3.63) is 28.3 Å². The fraction of sp³-hybridized carbons (Fsp3) is 0.222. The lowest BCUT2D eigenvalue weighted by Gasteiger charge is -2.24. The summed E-state index contributed by atoms with van der Waals surface area (Å²) in [4.78, 5) is 20.6. The summed E-state index contributed by atoms with van der Waals surface area (Å²) in [6.07, 6.45) is -0.964. The van der Waals surface area contributed by atoms with Gasteiger partial charge in [-0.2, -0.15) is 0 Å². The van der Waals surface area contributed by atoms with E-state index in [0.29, 0.717) is 11.4 Å². The Morgan fingerprint density at radius 2 is 2.38 bits per heavy atom. The first-order valence-electron chi connectivity index (χ1n) is 4.49. The van der Waals surface area contributed by atoms with Crippen molar-refractivity contribution in [2.45, 2.75) is 6.10 Å². The molecule has 1 aliphatic rings. The largest absolute Gasteiger partial charge is 0.478 e. The molecule has 7 nitrogen and oxygen atoms in total. The number of nitrogens with zero attached hydrogens (tertiary/aromatic N) is 1. The molecule has 84 valence electrons. The first-order valence-corrected chi connectivity index (χ1v) is 4.49. The molecule has 0 aliphatic carbocycles. The number of nitrogens with one attached hydrogen (secondary N) is 1. The number of nitro groups is 1. The third-order valence-electron chi connectivity index (χ3n) is 2.20. The molecule has 0 bridgehead atoms. The van der Waals surface area contributed by atoms with E-state index in [-0.39, 0.29) is 12.2 Å². The van der Waals surface area contributed by atoms with Crippen LogP contribution in [0.15, 0.2) is 18.2 Å². The number of benzene rings is 1. The maximum absolute atomic E-state index is 10.7. The van der Waals surface area contributed by atoms with Crippen molar-refractivity contribution in [3.8, 4) is 5.75 Å². The Morgan fingerprint density at radius 1 is 1.62 bits per heavy atom. The standard InChI is InChI=1S/C9H8N2O5/c12-9(13)8-4-10-6-3-5(11(14)15)1-2-7(6)16-8/h1-3,8,10H,4H2,(H,12,13). The van der Waals surface area contributed by atoms with Crippen molar-refractivity contribution in [2.75, 3.05) is 11.9 Å². The van der Waals surface area contributed by atoms with Gasteiger partial charge in [0.15, 0.2) is 0 Å². The van der Waals surface area contributed by atoms with E-state index in [9.17, 15) is 14.9 Å². The summed E-state index contributed by atoms with van der Waals surface area (Å²) in [7, 11) is 0. The van der Waals surface area contributed by atoms with Gasteiger partial charge in [-0.15, -0.1) is 0 Å². The minimum absolute atomic E-state index is 0.0661. The molecule has 0 amide bonds. The summed E-state index contributed by atoms with van der Waals surface area (Å²) >= 11 is 0. The molecule has 0 radical (unpaired) electrons. The summed E-state index contributed by atoms with van der Waals surface area (Å²) in [6, 6.07) is 3.97. The number of carbonyl (C=O) groups is 1. The quantitative estimate of drug-likeness (QED) is 0.570. The van der Waals surface area contributed by atoms with E-state index in [1.807, 2.05) is 0 Å². The predicted octanol–water partition coefficient (Wildman–Crippen LogP) is 0.852. The molecule has 16 heavy (non-hydrogen) atoms. The van der Waals surface area contributed by atoms with Crippen molar-refractivity contribution in [3.63, 3.8) is 0 Å². The van der Waals surface area contributed by atoms with Gasteiger partial charge in [-0.05, 0) is 6.07 Å². The van der Waals surface area contributed by atoms with Crippen LogP contribution < -0.4 is 10.1 Å². The number of non-ortho nitro benzene ring substituents is 1. The highest BCUT2D eigenvalue weighted by atomic mass is 16.6. The highest BCUT2D eigenvalue weighted by Gasteiger charge is 2.26. The molecule has 2 N–H and O–H groups in total. The molecule has 0 spiro atoms. The molecule has 1 unspecified atom stereocenters. The molecule has 1 aliphatic heterocycles. The number of anilines is 1. The van der Waals surface area contributed by atoms with Crippen LogP contribution in [-0.4, -0.2) is 28.6 Å². The van der Waals surface area contributed by atoms with Crippen LogP contribution >= 0.6 is 0 Å². The molecule has 7 heteroatoms. The molecule has 0 fully saturated rings. The minimum Gasteiger partial charge on any atom is -0.478 e. The van der Waals surface area contributed by atoms with Crippen LogP contribution in [0.2, 0.25) is 0 Å².